The summed E-state index contributed by atoms with van der Waals surface area (Å²) in [7, 11) is 0. The van der Waals surface area contributed by atoms with E-state index < -0.39 is 0 Å². The molecule has 3 heteroatoms. The summed E-state index contributed by atoms with van der Waals surface area (Å²) in [5.74, 6) is 0. The van der Waals surface area contributed by atoms with E-state index in [2.05, 4.69) is 45.0 Å². The van der Waals surface area contributed by atoms with Crippen molar-refractivity contribution in [2.24, 2.45) is 5.73 Å². The van der Waals surface area contributed by atoms with Gasteiger partial charge in [-0.2, -0.15) is 0 Å². The van der Waals surface area contributed by atoms with Crippen molar-refractivity contribution in [1.29, 1.82) is 0 Å². The van der Waals surface area contributed by atoms with Crippen LogP contribution < -0.4 is 5.73 Å². The molecule has 100 valence electrons. The Morgan fingerprint density at radius 1 is 1.22 bits per heavy atom. The Morgan fingerprint density at radius 2 is 1.89 bits per heavy atom. The molecule has 0 aromatic heterocycles. The third-order valence-corrected chi connectivity index (χ3v) is 3.29. The quantitative estimate of drug-likeness (QED) is 0.896. The first-order valence-corrected chi connectivity index (χ1v) is 6.58. The van der Waals surface area contributed by atoms with Gasteiger partial charge in [-0.05, 0) is 23.9 Å². The molecule has 1 saturated heterocycles. The molecule has 1 fully saturated rings. The predicted octanol–water partition coefficient (Wildman–Crippen LogP) is 2.75. The van der Waals surface area contributed by atoms with Crippen molar-refractivity contribution in [3.05, 3.63) is 35.4 Å². The van der Waals surface area contributed by atoms with Crippen molar-refractivity contribution in [1.82, 2.24) is 0 Å². The molecule has 0 radical (unpaired) electrons. The lowest BCUT2D eigenvalue weighted by atomic mass is 9.87. The molecule has 1 aliphatic heterocycles. The predicted molar refractivity (Wildman–Crippen MR) is 72.4 cm³/mol. The van der Waals surface area contributed by atoms with Crippen LogP contribution in [0.15, 0.2) is 24.3 Å². The number of rotatable bonds is 3. The molecule has 2 N–H and O–H groups in total. The molecule has 1 aliphatic rings. The van der Waals surface area contributed by atoms with Crippen LogP contribution in [0.2, 0.25) is 0 Å². The van der Waals surface area contributed by atoms with Gasteiger partial charge in [0.15, 0.2) is 6.29 Å². The van der Waals surface area contributed by atoms with E-state index in [4.69, 9.17) is 15.2 Å². The minimum atomic E-state index is -0.226. The van der Waals surface area contributed by atoms with E-state index in [1.165, 1.54) is 5.56 Å². The number of hydrogen-bond donors (Lipinski definition) is 1. The first-order chi connectivity index (χ1) is 8.50. The van der Waals surface area contributed by atoms with Crippen LogP contribution in [0.1, 0.15) is 44.6 Å². The molecule has 0 aliphatic carbocycles. The van der Waals surface area contributed by atoms with Crippen molar-refractivity contribution < 1.29 is 9.47 Å². The Balaban J connectivity index is 2.03. The van der Waals surface area contributed by atoms with Gasteiger partial charge in [0.25, 0.3) is 0 Å². The van der Waals surface area contributed by atoms with Crippen LogP contribution in [0.4, 0.5) is 0 Å². The molecule has 2 unspecified atom stereocenters. The number of benzene rings is 1. The zero-order chi connectivity index (χ0) is 13.2. The van der Waals surface area contributed by atoms with Gasteiger partial charge in [-0.1, -0.05) is 45.0 Å². The second kappa shape index (κ2) is 5.39. The van der Waals surface area contributed by atoms with Gasteiger partial charge in [-0.3, -0.25) is 0 Å². The van der Waals surface area contributed by atoms with Crippen molar-refractivity contribution in [3.63, 3.8) is 0 Å². The van der Waals surface area contributed by atoms with Crippen molar-refractivity contribution in [2.75, 3.05) is 13.2 Å². The maximum absolute atomic E-state index is 5.81. The fourth-order valence-electron chi connectivity index (χ4n) is 2.10. The lowest BCUT2D eigenvalue weighted by Gasteiger charge is -2.20. The van der Waals surface area contributed by atoms with Crippen LogP contribution in [0.5, 0.6) is 0 Å². The van der Waals surface area contributed by atoms with Crippen LogP contribution in [-0.4, -0.2) is 19.3 Å². The molecule has 3 nitrogen and oxygen atoms in total. The molecule has 2 rings (SSSR count). The van der Waals surface area contributed by atoms with Crippen LogP contribution in [0.25, 0.3) is 0 Å². The molecule has 1 aromatic rings. The summed E-state index contributed by atoms with van der Waals surface area (Å²) < 4.78 is 11.5. The average molecular weight is 249 g/mol. The van der Waals surface area contributed by atoms with E-state index in [1.807, 2.05) is 0 Å². The highest BCUT2D eigenvalue weighted by atomic mass is 16.7. The molecular weight excluding hydrogens is 226 g/mol. The summed E-state index contributed by atoms with van der Waals surface area (Å²) in [6, 6.07) is 8.49. The summed E-state index contributed by atoms with van der Waals surface area (Å²) in [5.41, 5.74) is 8.11. The minimum Gasteiger partial charge on any atom is -0.346 e. The standard InChI is InChI=1S/C15H23NO2/c1-15(2,3)12-6-4-11(5-7-12)14-17-10-13(18-14)8-9-16/h4-7,13-14H,8-10,16H2,1-3H3. The Morgan fingerprint density at radius 3 is 2.44 bits per heavy atom. The maximum Gasteiger partial charge on any atom is 0.184 e. The molecule has 0 amide bonds. The topological polar surface area (TPSA) is 44.5 Å². The van der Waals surface area contributed by atoms with Crippen molar-refractivity contribution >= 4 is 0 Å². The molecule has 1 aromatic carbocycles. The molecule has 0 saturated carbocycles. The summed E-state index contributed by atoms with van der Waals surface area (Å²) in [6.07, 6.45) is 0.772. The van der Waals surface area contributed by atoms with Crippen molar-refractivity contribution in [2.45, 2.75) is 45.0 Å². The number of hydrogen-bond acceptors (Lipinski definition) is 3. The number of nitrogens with two attached hydrogens (primary N) is 1. The van der Waals surface area contributed by atoms with E-state index >= 15 is 0 Å². The summed E-state index contributed by atoms with van der Waals surface area (Å²) in [4.78, 5) is 0. The highest BCUT2D eigenvalue weighted by Gasteiger charge is 2.26. The van der Waals surface area contributed by atoms with Gasteiger partial charge in [0.2, 0.25) is 0 Å². The summed E-state index contributed by atoms with van der Waals surface area (Å²) in [5, 5.41) is 0. The summed E-state index contributed by atoms with van der Waals surface area (Å²) >= 11 is 0. The zero-order valence-corrected chi connectivity index (χ0v) is 11.5. The van der Waals surface area contributed by atoms with Crippen LogP contribution in [0.3, 0.4) is 0 Å². The zero-order valence-electron chi connectivity index (χ0n) is 11.5. The van der Waals surface area contributed by atoms with Gasteiger partial charge in [0, 0.05) is 5.56 Å². The second-order valence-electron chi connectivity index (χ2n) is 5.87. The first-order valence-electron chi connectivity index (χ1n) is 6.58. The number of ether oxygens (including phenoxy) is 2. The normalized spacial score (nSPS) is 24.4. The van der Waals surface area contributed by atoms with Crippen LogP contribution in [0, 0.1) is 0 Å². The van der Waals surface area contributed by atoms with Gasteiger partial charge in [0.05, 0.1) is 12.7 Å². The third kappa shape index (κ3) is 3.10. The largest absolute Gasteiger partial charge is 0.346 e. The van der Waals surface area contributed by atoms with E-state index in [0.717, 1.165) is 12.0 Å². The van der Waals surface area contributed by atoms with Crippen LogP contribution in [-0.2, 0) is 14.9 Å². The van der Waals surface area contributed by atoms with Crippen molar-refractivity contribution in [3.8, 4) is 0 Å². The Labute approximate surface area is 109 Å². The van der Waals surface area contributed by atoms with E-state index in [1.54, 1.807) is 0 Å². The molecular formula is C15H23NO2. The fraction of sp³-hybridized carbons (Fsp3) is 0.600. The van der Waals surface area contributed by atoms with E-state index in [0.29, 0.717) is 13.2 Å². The smallest absolute Gasteiger partial charge is 0.184 e. The van der Waals surface area contributed by atoms with Gasteiger partial charge in [0.1, 0.15) is 0 Å². The molecule has 2 atom stereocenters. The minimum absolute atomic E-state index is 0.141. The molecule has 1 heterocycles. The monoisotopic (exact) mass is 249 g/mol. The molecule has 0 bridgehead atoms. The lowest BCUT2D eigenvalue weighted by Crippen LogP contribution is -2.15. The third-order valence-electron chi connectivity index (χ3n) is 3.29. The fourth-order valence-corrected chi connectivity index (χ4v) is 2.10. The highest BCUT2D eigenvalue weighted by Crippen LogP contribution is 2.30. The molecule has 0 spiro atoms. The van der Waals surface area contributed by atoms with Gasteiger partial charge >= 0.3 is 0 Å². The van der Waals surface area contributed by atoms with Crippen LogP contribution >= 0.6 is 0 Å². The second-order valence-corrected chi connectivity index (χ2v) is 5.87. The van der Waals surface area contributed by atoms with E-state index in [9.17, 15) is 0 Å². The van der Waals surface area contributed by atoms with Gasteiger partial charge in [-0.25, -0.2) is 0 Å². The maximum atomic E-state index is 5.81. The Bertz CT molecular complexity index is 380. The Kier molecular flexibility index (Phi) is 4.05. The summed E-state index contributed by atoms with van der Waals surface area (Å²) in [6.45, 7) is 7.91. The lowest BCUT2D eigenvalue weighted by molar-refractivity contribution is -0.0607. The SMILES string of the molecule is CC(C)(C)c1ccc(C2OCC(CCN)O2)cc1. The van der Waals surface area contributed by atoms with Gasteiger partial charge in [-0.15, -0.1) is 0 Å². The Hall–Kier alpha value is -0.900. The average Bonchev–Trinajstić information content (AvgIpc) is 2.77. The molecule has 18 heavy (non-hydrogen) atoms. The first kappa shape index (κ1) is 13.5. The van der Waals surface area contributed by atoms with Gasteiger partial charge < -0.3 is 15.2 Å². The highest BCUT2D eigenvalue weighted by molar-refractivity contribution is 5.28. The van der Waals surface area contributed by atoms with E-state index in [-0.39, 0.29) is 17.8 Å².